The molecule has 1 amide bonds. The van der Waals surface area contributed by atoms with E-state index in [-0.39, 0.29) is 23.4 Å². The summed E-state index contributed by atoms with van der Waals surface area (Å²) in [5.74, 6) is -0.410. The summed E-state index contributed by atoms with van der Waals surface area (Å²) in [4.78, 5) is 12.8. The molecule has 2 fully saturated rings. The maximum absolute atomic E-state index is 13.1. The van der Waals surface area contributed by atoms with Crippen molar-refractivity contribution in [1.29, 1.82) is 0 Å². The van der Waals surface area contributed by atoms with Crippen molar-refractivity contribution in [1.82, 2.24) is 15.1 Å². The average molecular weight is 329 g/mol. The molecule has 4 rings (SSSR count). The number of halogens is 1. The van der Waals surface area contributed by atoms with Gasteiger partial charge in [-0.2, -0.15) is 5.10 Å². The number of aromatic nitrogens is 2. The maximum atomic E-state index is 13.1. The zero-order chi connectivity index (χ0) is 16.7. The van der Waals surface area contributed by atoms with E-state index in [0.717, 1.165) is 37.1 Å². The summed E-state index contributed by atoms with van der Waals surface area (Å²) in [5, 5.41) is 7.50. The Labute approximate surface area is 139 Å². The molecule has 2 aliphatic rings. The van der Waals surface area contributed by atoms with Crippen molar-refractivity contribution in [2.45, 2.75) is 44.2 Å². The van der Waals surface area contributed by atoms with Gasteiger partial charge in [-0.1, -0.05) is 0 Å². The van der Waals surface area contributed by atoms with Crippen LogP contribution in [-0.2, 0) is 4.74 Å². The Morgan fingerprint density at radius 1 is 1.38 bits per heavy atom. The van der Waals surface area contributed by atoms with Crippen LogP contribution in [-0.4, -0.2) is 33.9 Å². The van der Waals surface area contributed by atoms with Crippen LogP contribution in [0.25, 0.3) is 5.69 Å². The zero-order valence-electron chi connectivity index (χ0n) is 13.6. The average Bonchev–Trinajstić information content (AvgIpc) is 3.22. The second-order valence-electron chi connectivity index (χ2n) is 6.64. The molecule has 0 bridgehead atoms. The Morgan fingerprint density at radius 2 is 2.17 bits per heavy atom. The van der Waals surface area contributed by atoms with Gasteiger partial charge in [0.1, 0.15) is 5.82 Å². The van der Waals surface area contributed by atoms with E-state index in [1.165, 1.54) is 12.1 Å². The van der Waals surface area contributed by atoms with Crippen LogP contribution in [0.2, 0.25) is 0 Å². The number of rotatable bonds is 3. The fourth-order valence-electron chi connectivity index (χ4n) is 3.93. The van der Waals surface area contributed by atoms with E-state index in [1.807, 2.05) is 6.92 Å². The van der Waals surface area contributed by atoms with Crippen molar-refractivity contribution < 1.29 is 13.9 Å². The molecule has 5 nitrogen and oxygen atoms in total. The van der Waals surface area contributed by atoms with E-state index >= 15 is 0 Å². The quantitative estimate of drug-likeness (QED) is 0.942. The summed E-state index contributed by atoms with van der Waals surface area (Å²) in [5.41, 5.74) is 1.80. The topological polar surface area (TPSA) is 56.1 Å². The molecule has 1 aromatic heterocycles. The van der Waals surface area contributed by atoms with E-state index in [1.54, 1.807) is 23.0 Å². The molecule has 2 aromatic rings. The van der Waals surface area contributed by atoms with Crippen LogP contribution in [0.15, 0.2) is 30.5 Å². The summed E-state index contributed by atoms with van der Waals surface area (Å²) in [7, 11) is 0. The van der Waals surface area contributed by atoms with Crippen LogP contribution in [0.4, 0.5) is 4.39 Å². The Balaban J connectivity index is 1.58. The van der Waals surface area contributed by atoms with Gasteiger partial charge in [0.2, 0.25) is 0 Å². The summed E-state index contributed by atoms with van der Waals surface area (Å²) in [6.45, 7) is 2.55. The second-order valence-corrected chi connectivity index (χ2v) is 6.64. The molecule has 0 spiro atoms. The molecule has 1 N–H and O–H groups in total. The lowest BCUT2D eigenvalue weighted by atomic mass is 9.93. The van der Waals surface area contributed by atoms with E-state index in [4.69, 9.17) is 4.74 Å². The highest BCUT2D eigenvalue weighted by molar-refractivity contribution is 5.95. The van der Waals surface area contributed by atoms with Gasteiger partial charge in [-0.25, -0.2) is 9.07 Å². The van der Waals surface area contributed by atoms with Gasteiger partial charge in [-0.3, -0.25) is 4.79 Å². The third-order valence-electron chi connectivity index (χ3n) is 5.26. The van der Waals surface area contributed by atoms with E-state index in [2.05, 4.69) is 10.4 Å². The molecule has 1 aliphatic carbocycles. The smallest absolute Gasteiger partial charge is 0.255 e. The minimum Gasteiger partial charge on any atom is -0.376 e. The zero-order valence-corrected chi connectivity index (χ0v) is 13.6. The third kappa shape index (κ3) is 2.41. The number of hydrogen-bond donors (Lipinski definition) is 1. The van der Waals surface area contributed by atoms with Crippen LogP contribution in [0.5, 0.6) is 0 Å². The van der Waals surface area contributed by atoms with Crippen molar-refractivity contribution in [2.75, 3.05) is 6.61 Å². The number of nitrogens with one attached hydrogen (secondary N) is 1. The molecule has 2 atom stereocenters. The molecular weight excluding hydrogens is 309 g/mol. The lowest BCUT2D eigenvalue weighted by Crippen LogP contribution is -2.51. The number of nitrogens with zero attached hydrogens (tertiary/aromatic N) is 2. The van der Waals surface area contributed by atoms with Crippen LogP contribution in [0.3, 0.4) is 0 Å². The number of carbonyl (C=O) groups is 1. The molecule has 126 valence electrons. The molecule has 1 aromatic carbocycles. The van der Waals surface area contributed by atoms with Gasteiger partial charge in [0.05, 0.1) is 34.8 Å². The first kappa shape index (κ1) is 15.3. The van der Waals surface area contributed by atoms with Crippen LogP contribution in [0.1, 0.15) is 41.7 Å². The first-order valence-electron chi connectivity index (χ1n) is 8.34. The van der Waals surface area contributed by atoms with Crippen LogP contribution in [0, 0.1) is 12.7 Å². The molecule has 0 radical (unpaired) electrons. The molecular formula is C18H20FN3O2. The van der Waals surface area contributed by atoms with Gasteiger partial charge in [-0.15, -0.1) is 0 Å². The lowest BCUT2D eigenvalue weighted by molar-refractivity contribution is 0.0717. The lowest BCUT2D eigenvalue weighted by Gasteiger charge is -2.29. The maximum Gasteiger partial charge on any atom is 0.255 e. The molecule has 24 heavy (non-hydrogen) atoms. The van der Waals surface area contributed by atoms with Crippen LogP contribution < -0.4 is 5.32 Å². The Hall–Kier alpha value is -2.21. The first-order valence-corrected chi connectivity index (χ1v) is 8.34. The minimum absolute atomic E-state index is 0.113. The fourth-order valence-corrected chi connectivity index (χ4v) is 3.93. The highest BCUT2D eigenvalue weighted by Gasteiger charge is 2.48. The number of carbonyl (C=O) groups excluding carboxylic acids is 1. The van der Waals surface area contributed by atoms with E-state index in [9.17, 15) is 9.18 Å². The molecule has 0 unspecified atom stereocenters. The standard InChI is InChI=1S/C18H20FN3O2/c1-12-15(11-20-22(12)14-6-4-13(19)5-7-14)17(23)21-18-8-2-3-16(18)24-10-9-18/h4-7,11,16H,2-3,8-10H2,1H3,(H,21,23)/t16-,18+/m1/s1. The van der Waals surface area contributed by atoms with Gasteiger partial charge in [0.25, 0.3) is 5.91 Å². The summed E-state index contributed by atoms with van der Waals surface area (Å²) in [6, 6.07) is 6.06. The van der Waals surface area contributed by atoms with Crippen molar-refractivity contribution in [3.63, 3.8) is 0 Å². The molecule has 1 saturated carbocycles. The summed E-state index contributed by atoms with van der Waals surface area (Å²) >= 11 is 0. The Kier molecular flexibility index (Phi) is 3.64. The molecule has 1 saturated heterocycles. The number of fused-ring (bicyclic) bond motifs is 1. The number of amides is 1. The fraction of sp³-hybridized carbons (Fsp3) is 0.444. The molecule has 6 heteroatoms. The number of benzene rings is 1. The summed E-state index contributed by atoms with van der Waals surface area (Å²) < 4.78 is 20.5. The van der Waals surface area contributed by atoms with Crippen molar-refractivity contribution in [3.05, 3.63) is 47.5 Å². The Bertz CT molecular complexity index is 759. The normalized spacial score (nSPS) is 25.7. The van der Waals surface area contributed by atoms with Crippen molar-refractivity contribution in [2.24, 2.45) is 0 Å². The van der Waals surface area contributed by atoms with E-state index in [0.29, 0.717) is 12.2 Å². The number of ether oxygens (including phenoxy) is 1. The van der Waals surface area contributed by atoms with Gasteiger partial charge in [0.15, 0.2) is 0 Å². The van der Waals surface area contributed by atoms with Gasteiger partial charge >= 0.3 is 0 Å². The van der Waals surface area contributed by atoms with Crippen molar-refractivity contribution >= 4 is 5.91 Å². The monoisotopic (exact) mass is 329 g/mol. The van der Waals surface area contributed by atoms with Gasteiger partial charge in [-0.05, 0) is 56.9 Å². The second kappa shape index (κ2) is 5.70. The van der Waals surface area contributed by atoms with Crippen LogP contribution >= 0.6 is 0 Å². The molecule has 2 heterocycles. The van der Waals surface area contributed by atoms with Gasteiger partial charge < -0.3 is 10.1 Å². The first-order chi connectivity index (χ1) is 11.6. The van der Waals surface area contributed by atoms with E-state index < -0.39 is 0 Å². The minimum atomic E-state index is -0.297. The number of hydrogen-bond acceptors (Lipinski definition) is 3. The SMILES string of the molecule is Cc1c(C(=O)N[C@]23CCC[C@H]2OCC3)cnn1-c1ccc(F)cc1. The predicted octanol–water partition coefficient (Wildman–Crippen LogP) is 2.76. The highest BCUT2D eigenvalue weighted by Crippen LogP contribution is 2.40. The third-order valence-corrected chi connectivity index (χ3v) is 5.26. The predicted molar refractivity (Wildman–Crippen MR) is 86.7 cm³/mol. The van der Waals surface area contributed by atoms with Gasteiger partial charge in [0, 0.05) is 6.61 Å². The molecule has 1 aliphatic heterocycles. The Morgan fingerprint density at radius 3 is 2.96 bits per heavy atom. The largest absolute Gasteiger partial charge is 0.376 e. The van der Waals surface area contributed by atoms with Crippen molar-refractivity contribution in [3.8, 4) is 5.69 Å². The summed E-state index contributed by atoms with van der Waals surface area (Å²) in [6.07, 6.45) is 5.63. The highest BCUT2D eigenvalue weighted by atomic mass is 19.1.